The van der Waals surface area contributed by atoms with E-state index in [1.54, 1.807) is 0 Å². The van der Waals surface area contributed by atoms with Gasteiger partial charge in [-0.3, -0.25) is 0 Å². The van der Waals surface area contributed by atoms with Crippen molar-refractivity contribution in [1.82, 2.24) is 10.2 Å². The van der Waals surface area contributed by atoms with Crippen molar-refractivity contribution < 1.29 is 9.90 Å². The lowest BCUT2D eigenvalue weighted by Crippen LogP contribution is -2.48. The van der Waals surface area contributed by atoms with Crippen molar-refractivity contribution in [2.75, 3.05) is 13.2 Å². The predicted octanol–water partition coefficient (Wildman–Crippen LogP) is 2.37. The standard InChI is InChI=1S/C14H28N2O2/c1-11-6-4-8-13(3)16(10-11)14(18)15-12(2)7-5-9-17/h11-13,17H,4-10H2,1-3H3,(H,15,18). The van der Waals surface area contributed by atoms with E-state index >= 15 is 0 Å². The molecule has 1 aliphatic heterocycles. The van der Waals surface area contributed by atoms with E-state index in [4.69, 9.17) is 5.11 Å². The third-order valence-corrected chi connectivity index (χ3v) is 3.79. The smallest absolute Gasteiger partial charge is 0.317 e. The Morgan fingerprint density at radius 3 is 2.83 bits per heavy atom. The fourth-order valence-corrected chi connectivity index (χ4v) is 2.57. The van der Waals surface area contributed by atoms with Gasteiger partial charge in [-0.05, 0) is 45.4 Å². The molecule has 2 amide bonds. The van der Waals surface area contributed by atoms with E-state index in [-0.39, 0.29) is 18.7 Å². The van der Waals surface area contributed by atoms with Gasteiger partial charge in [0.25, 0.3) is 0 Å². The first-order chi connectivity index (χ1) is 8.54. The van der Waals surface area contributed by atoms with Crippen LogP contribution in [0.2, 0.25) is 0 Å². The molecule has 0 aromatic carbocycles. The van der Waals surface area contributed by atoms with Crippen molar-refractivity contribution >= 4 is 6.03 Å². The van der Waals surface area contributed by atoms with Crippen molar-refractivity contribution in [3.05, 3.63) is 0 Å². The van der Waals surface area contributed by atoms with Gasteiger partial charge in [0.15, 0.2) is 0 Å². The second-order valence-corrected chi connectivity index (χ2v) is 5.75. The summed E-state index contributed by atoms with van der Waals surface area (Å²) >= 11 is 0. The first-order valence-corrected chi connectivity index (χ1v) is 7.22. The average molecular weight is 256 g/mol. The van der Waals surface area contributed by atoms with Crippen LogP contribution < -0.4 is 5.32 Å². The van der Waals surface area contributed by atoms with Crippen molar-refractivity contribution in [3.63, 3.8) is 0 Å². The van der Waals surface area contributed by atoms with Crippen molar-refractivity contribution in [2.24, 2.45) is 5.92 Å². The predicted molar refractivity (Wildman–Crippen MR) is 73.5 cm³/mol. The van der Waals surface area contributed by atoms with Crippen molar-refractivity contribution in [2.45, 2.75) is 65.0 Å². The molecule has 3 unspecified atom stereocenters. The number of amides is 2. The molecule has 0 spiro atoms. The van der Waals surface area contributed by atoms with E-state index in [9.17, 15) is 4.79 Å². The summed E-state index contributed by atoms with van der Waals surface area (Å²) in [4.78, 5) is 14.2. The first-order valence-electron chi connectivity index (χ1n) is 7.22. The van der Waals surface area contributed by atoms with Crippen LogP contribution in [0.25, 0.3) is 0 Å². The molecule has 18 heavy (non-hydrogen) atoms. The number of rotatable bonds is 4. The SMILES string of the molecule is CC1CCCC(C)N(C(=O)NC(C)CCCO)C1. The molecular weight excluding hydrogens is 228 g/mol. The Hall–Kier alpha value is -0.770. The Morgan fingerprint density at radius 1 is 1.44 bits per heavy atom. The van der Waals surface area contributed by atoms with Gasteiger partial charge in [-0.15, -0.1) is 0 Å². The molecule has 0 bridgehead atoms. The molecule has 1 aliphatic rings. The minimum atomic E-state index is 0.0571. The molecule has 0 saturated carbocycles. The van der Waals surface area contributed by atoms with Gasteiger partial charge in [-0.1, -0.05) is 13.3 Å². The van der Waals surface area contributed by atoms with Crippen molar-refractivity contribution in [3.8, 4) is 0 Å². The van der Waals surface area contributed by atoms with Gasteiger partial charge in [0.1, 0.15) is 0 Å². The van der Waals surface area contributed by atoms with Crippen LogP contribution in [0.5, 0.6) is 0 Å². The lowest BCUT2D eigenvalue weighted by Gasteiger charge is -2.30. The van der Waals surface area contributed by atoms with Crippen LogP contribution in [0.15, 0.2) is 0 Å². The first kappa shape index (κ1) is 15.3. The number of carbonyl (C=O) groups excluding carboxylic acids is 1. The summed E-state index contributed by atoms with van der Waals surface area (Å²) in [5, 5.41) is 11.8. The van der Waals surface area contributed by atoms with Gasteiger partial charge in [-0.25, -0.2) is 4.79 Å². The zero-order valence-electron chi connectivity index (χ0n) is 12.0. The highest BCUT2D eigenvalue weighted by molar-refractivity contribution is 5.74. The highest BCUT2D eigenvalue weighted by Gasteiger charge is 2.25. The minimum absolute atomic E-state index is 0.0571. The molecular formula is C14H28N2O2. The Labute approximate surface area is 111 Å². The molecule has 4 nitrogen and oxygen atoms in total. The van der Waals surface area contributed by atoms with Gasteiger partial charge in [0.05, 0.1) is 0 Å². The summed E-state index contributed by atoms with van der Waals surface area (Å²) < 4.78 is 0. The quantitative estimate of drug-likeness (QED) is 0.811. The third kappa shape index (κ3) is 4.84. The molecule has 0 aromatic rings. The molecule has 0 aliphatic carbocycles. The van der Waals surface area contributed by atoms with E-state index in [0.717, 1.165) is 25.8 Å². The normalized spacial score (nSPS) is 26.6. The van der Waals surface area contributed by atoms with Gasteiger partial charge < -0.3 is 15.3 Å². The lowest BCUT2D eigenvalue weighted by molar-refractivity contribution is 0.169. The number of nitrogens with zero attached hydrogens (tertiary/aromatic N) is 1. The van der Waals surface area contributed by atoms with E-state index in [1.807, 2.05) is 11.8 Å². The van der Waals surface area contributed by atoms with Crippen LogP contribution >= 0.6 is 0 Å². The average Bonchev–Trinajstić information content (AvgIpc) is 2.48. The summed E-state index contributed by atoms with van der Waals surface area (Å²) in [5.74, 6) is 0.591. The number of carbonyl (C=O) groups is 1. The van der Waals surface area contributed by atoms with E-state index < -0.39 is 0 Å². The zero-order chi connectivity index (χ0) is 13.5. The molecule has 1 saturated heterocycles. The fraction of sp³-hybridized carbons (Fsp3) is 0.929. The number of likely N-dealkylation sites (tertiary alicyclic amines) is 1. The second-order valence-electron chi connectivity index (χ2n) is 5.75. The molecule has 106 valence electrons. The van der Waals surface area contributed by atoms with Gasteiger partial charge in [0, 0.05) is 25.2 Å². The van der Waals surface area contributed by atoms with Crippen LogP contribution in [-0.2, 0) is 0 Å². The number of aliphatic hydroxyl groups is 1. The molecule has 1 rings (SSSR count). The van der Waals surface area contributed by atoms with Crippen LogP contribution in [0.1, 0.15) is 52.9 Å². The molecule has 4 heteroatoms. The molecule has 3 atom stereocenters. The lowest BCUT2D eigenvalue weighted by atomic mass is 10.1. The zero-order valence-corrected chi connectivity index (χ0v) is 12.0. The fourth-order valence-electron chi connectivity index (χ4n) is 2.57. The number of hydrogen-bond acceptors (Lipinski definition) is 2. The van der Waals surface area contributed by atoms with E-state index in [1.165, 1.54) is 12.8 Å². The van der Waals surface area contributed by atoms with E-state index in [0.29, 0.717) is 12.0 Å². The molecule has 1 heterocycles. The maximum absolute atomic E-state index is 12.2. The Bertz CT molecular complexity index is 258. The Kier molecular flexibility index (Phi) is 6.47. The number of hydrogen-bond donors (Lipinski definition) is 2. The molecule has 0 aromatic heterocycles. The van der Waals surface area contributed by atoms with Crippen LogP contribution in [0.4, 0.5) is 4.79 Å². The monoisotopic (exact) mass is 256 g/mol. The summed E-state index contributed by atoms with van der Waals surface area (Å²) in [5.41, 5.74) is 0. The number of nitrogens with one attached hydrogen (secondary N) is 1. The van der Waals surface area contributed by atoms with Gasteiger partial charge in [0.2, 0.25) is 0 Å². The molecule has 1 fully saturated rings. The molecule has 0 radical (unpaired) electrons. The summed E-state index contributed by atoms with van der Waals surface area (Å²) in [6, 6.07) is 0.525. The largest absolute Gasteiger partial charge is 0.396 e. The summed E-state index contributed by atoms with van der Waals surface area (Å²) in [6.07, 6.45) is 5.11. The molecule has 2 N–H and O–H groups in total. The third-order valence-electron chi connectivity index (χ3n) is 3.79. The Morgan fingerprint density at radius 2 is 2.17 bits per heavy atom. The van der Waals surface area contributed by atoms with E-state index in [2.05, 4.69) is 19.2 Å². The second kappa shape index (κ2) is 7.62. The highest BCUT2D eigenvalue weighted by atomic mass is 16.3. The number of urea groups is 1. The number of aliphatic hydroxyl groups excluding tert-OH is 1. The maximum atomic E-state index is 12.2. The summed E-state index contributed by atoms with van der Waals surface area (Å²) in [7, 11) is 0. The Balaban J connectivity index is 2.47. The summed E-state index contributed by atoms with van der Waals surface area (Å²) in [6.45, 7) is 7.40. The highest BCUT2D eigenvalue weighted by Crippen LogP contribution is 2.20. The topological polar surface area (TPSA) is 52.6 Å². The van der Waals surface area contributed by atoms with Crippen molar-refractivity contribution in [1.29, 1.82) is 0 Å². The van der Waals surface area contributed by atoms with Gasteiger partial charge >= 0.3 is 6.03 Å². The van der Waals surface area contributed by atoms with Crippen LogP contribution in [-0.4, -0.2) is 41.3 Å². The minimum Gasteiger partial charge on any atom is -0.396 e. The van der Waals surface area contributed by atoms with Gasteiger partial charge in [-0.2, -0.15) is 0 Å². The van der Waals surface area contributed by atoms with Crippen LogP contribution in [0, 0.1) is 5.92 Å². The maximum Gasteiger partial charge on any atom is 0.317 e. The van der Waals surface area contributed by atoms with Crippen LogP contribution in [0.3, 0.4) is 0 Å².